The standard InChI is InChI=1S/C14H18N2O2S/c1-8(14-9(2)16-10(3)19-14)15-7-11-4-5-12(17)6-13(11)18/h4-6,8,15,17-18H,7H2,1-3H3. The molecule has 0 fully saturated rings. The summed E-state index contributed by atoms with van der Waals surface area (Å²) in [5.41, 5.74) is 1.82. The molecule has 1 atom stereocenters. The van der Waals surface area contributed by atoms with Gasteiger partial charge in [-0.05, 0) is 26.8 Å². The van der Waals surface area contributed by atoms with Crippen molar-refractivity contribution in [1.82, 2.24) is 10.3 Å². The van der Waals surface area contributed by atoms with Crippen molar-refractivity contribution in [2.45, 2.75) is 33.4 Å². The Morgan fingerprint density at radius 1 is 1.32 bits per heavy atom. The van der Waals surface area contributed by atoms with E-state index in [0.29, 0.717) is 6.54 Å². The van der Waals surface area contributed by atoms with E-state index in [0.717, 1.165) is 16.3 Å². The maximum Gasteiger partial charge on any atom is 0.123 e. The largest absolute Gasteiger partial charge is 0.508 e. The molecule has 0 saturated carbocycles. The van der Waals surface area contributed by atoms with Crippen molar-refractivity contribution in [2.24, 2.45) is 0 Å². The molecule has 0 radical (unpaired) electrons. The molecule has 2 aromatic rings. The molecule has 0 spiro atoms. The third-order valence-corrected chi connectivity index (χ3v) is 4.26. The molecular formula is C14H18N2O2S. The number of aromatic nitrogens is 1. The van der Waals surface area contributed by atoms with Gasteiger partial charge in [-0.1, -0.05) is 6.07 Å². The van der Waals surface area contributed by atoms with Gasteiger partial charge in [-0.3, -0.25) is 0 Å². The fourth-order valence-electron chi connectivity index (χ4n) is 2.01. The Bertz CT molecular complexity index is 581. The number of aromatic hydroxyl groups is 2. The Labute approximate surface area is 116 Å². The van der Waals surface area contributed by atoms with Crippen LogP contribution in [0.2, 0.25) is 0 Å². The number of nitrogens with one attached hydrogen (secondary N) is 1. The van der Waals surface area contributed by atoms with Crippen LogP contribution in [0.4, 0.5) is 0 Å². The van der Waals surface area contributed by atoms with Crippen molar-refractivity contribution >= 4 is 11.3 Å². The molecular weight excluding hydrogens is 260 g/mol. The zero-order chi connectivity index (χ0) is 14.0. The van der Waals surface area contributed by atoms with Crippen LogP contribution in [0.5, 0.6) is 11.5 Å². The van der Waals surface area contributed by atoms with E-state index in [9.17, 15) is 10.2 Å². The zero-order valence-corrected chi connectivity index (χ0v) is 12.1. The molecule has 1 aromatic carbocycles. The number of rotatable bonds is 4. The first-order valence-electron chi connectivity index (χ1n) is 6.15. The molecule has 1 heterocycles. The fraction of sp³-hybridized carbons (Fsp3) is 0.357. The molecule has 1 unspecified atom stereocenters. The van der Waals surface area contributed by atoms with Crippen LogP contribution < -0.4 is 5.32 Å². The summed E-state index contributed by atoms with van der Waals surface area (Å²) in [6.07, 6.45) is 0. The van der Waals surface area contributed by atoms with Crippen LogP contribution in [0.15, 0.2) is 18.2 Å². The van der Waals surface area contributed by atoms with Gasteiger partial charge in [-0.15, -0.1) is 11.3 Å². The van der Waals surface area contributed by atoms with Crippen LogP contribution in [0.25, 0.3) is 0 Å². The fourth-order valence-corrected chi connectivity index (χ4v) is 2.96. The maximum absolute atomic E-state index is 9.72. The van der Waals surface area contributed by atoms with Crippen LogP contribution in [0.3, 0.4) is 0 Å². The second-order valence-corrected chi connectivity index (χ2v) is 5.83. The van der Waals surface area contributed by atoms with E-state index < -0.39 is 0 Å². The quantitative estimate of drug-likeness (QED) is 0.804. The van der Waals surface area contributed by atoms with Gasteiger partial charge in [-0.2, -0.15) is 0 Å². The van der Waals surface area contributed by atoms with Gasteiger partial charge in [0.25, 0.3) is 0 Å². The highest BCUT2D eigenvalue weighted by Crippen LogP contribution is 2.26. The zero-order valence-electron chi connectivity index (χ0n) is 11.3. The number of phenolic OH excluding ortho intramolecular Hbond substituents is 2. The highest BCUT2D eigenvalue weighted by molar-refractivity contribution is 7.11. The average Bonchev–Trinajstić information content (AvgIpc) is 2.67. The van der Waals surface area contributed by atoms with Gasteiger partial charge in [0.15, 0.2) is 0 Å². The topological polar surface area (TPSA) is 65.4 Å². The molecule has 0 aliphatic heterocycles. The van der Waals surface area contributed by atoms with E-state index in [1.165, 1.54) is 10.9 Å². The van der Waals surface area contributed by atoms with E-state index >= 15 is 0 Å². The highest BCUT2D eigenvalue weighted by atomic mass is 32.1. The van der Waals surface area contributed by atoms with E-state index in [-0.39, 0.29) is 17.5 Å². The first-order chi connectivity index (χ1) is 8.97. The van der Waals surface area contributed by atoms with Gasteiger partial charge in [0.1, 0.15) is 11.5 Å². The number of nitrogens with zero attached hydrogens (tertiary/aromatic N) is 1. The maximum atomic E-state index is 9.72. The van der Waals surface area contributed by atoms with Crippen molar-refractivity contribution < 1.29 is 10.2 Å². The van der Waals surface area contributed by atoms with Gasteiger partial charge in [-0.25, -0.2) is 4.98 Å². The van der Waals surface area contributed by atoms with Crippen LogP contribution in [-0.2, 0) is 6.54 Å². The predicted octanol–water partition coefficient (Wildman–Crippen LogP) is 3.02. The third-order valence-electron chi connectivity index (χ3n) is 3.00. The molecule has 1 aromatic heterocycles. The predicted molar refractivity (Wildman–Crippen MR) is 76.6 cm³/mol. The minimum absolute atomic E-state index is 0.0724. The molecule has 0 saturated heterocycles. The number of benzene rings is 1. The first-order valence-corrected chi connectivity index (χ1v) is 6.97. The van der Waals surface area contributed by atoms with Gasteiger partial charge < -0.3 is 15.5 Å². The van der Waals surface area contributed by atoms with Crippen LogP contribution >= 0.6 is 11.3 Å². The average molecular weight is 278 g/mol. The van der Waals surface area contributed by atoms with Gasteiger partial charge >= 0.3 is 0 Å². The van der Waals surface area contributed by atoms with E-state index in [1.54, 1.807) is 23.5 Å². The third kappa shape index (κ3) is 3.24. The van der Waals surface area contributed by atoms with E-state index in [2.05, 4.69) is 17.2 Å². The van der Waals surface area contributed by atoms with Crippen molar-refractivity contribution in [3.8, 4) is 11.5 Å². The molecule has 0 bridgehead atoms. The molecule has 4 nitrogen and oxygen atoms in total. The number of thiazole rings is 1. The monoisotopic (exact) mass is 278 g/mol. The molecule has 0 amide bonds. The highest BCUT2D eigenvalue weighted by Gasteiger charge is 2.13. The summed E-state index contributed by atoms with van der Waals surface area (Å²) in [5.74, 6) is 0.181. The minimum atomic E-state index is 0.0724. The lowest BCUT2D eigenvalue weighted by molar-refractivity contribution is 0.441. The van der Waals surface area contributed by atoms with E-state index in [1.807, 2.05) is 13.8 Å². The number of hydrogen-bond donors (Lipinski definition) is 3. The summed E-state index contributed by atoms with van der Waals surface area (Å²) < 4.78 is 0. The molecule has 0 aliphatic carbocycles. The molecule has 3 N–H and O–H groups in total. The van der Waals surface area contributed by atoms with Crippen molar-refractivity contribution in [3.05, 3.63) is 39.3 Å². The summed E-state index contributed by atoms with van der Waals surface area (Å²) in [7, 11) is 0. The van der Waals surface area contributed by atoms with Gasteiger partial charge in [0, 0.05) is 29.1 Å². The van der Waals surface area contributed by atoms with Crippen molar-refractivity contribution in [3.63, 3.8) is 0 Å². The van der Waals surface area contributed by atoms with Crippen molar-refractivity contribution in [2.75, 3.05) is 0 Å². The van der Waals surface area contributed by atoms with Crippen LogP contribution in [0.1, 0.15) is 34.1 Å². The molecule has 5 heteroatoms. The number of aryl methyl sites for hydroxylation is 2. The summed E-state index contributed by atoms with van der Waals surface area (Å²) in [4.78, 5) is 5.63. The Balaban J connectivity index is 2.04. The SMILES string of the molecule is Cc1nc(C)c(C(C)NCc2ccc(O)cc2O)s1. The number of hydrogen-bond acceptors (Lipinski definition) is 5. The Morgan fingerprint density at radius 2 is 2.05 bits per heavy atom. The first kappa shape index (κ1) is 13.8. The lowest BCUT2D eigenvalue weighted by Gasteiger charge is -2.13. The Hall–Kier alpha value is -1.59. The molecule has 102 valence electrons. The molecule has 2 rings (SSSR count). The second kappa shape index (κ2) is 5.59. The minimum Gasteiger partial charge on any atom is -0.508 e. The Morgan fingerprint density at radius 3 is 2.63 bits per heavy atom. The van der Waals surface area contributed by atoms with E-state index in [4.69, 9.17) is 0 Å². The van der Waals surface area contributed by atoms with Crippen molar-refractivity contribution in [1.29, 1.82) is 0 Å². The normalized spacial score (nSPS) is 12.6. The lowest BCUT2D eigenvalue weighted by atomic mass is 10.1. The van der Waals surface area contributed by atoms with Crippen LogP contribution in [0, 0.1) is 13.8 Å². The second-order valence-electron chi connectivity index (χ2n) is 4.60. The van der Waals surface area contributed by atoms with Gasteiger partial charge in [0.2, 0.25) is 0 Å². The summed E-state index contributed by atoms with van der Waals surface area (Å²) in [5, 5.41) is 23.4. The van der Waals surface area contributed by atoms with Crippen LogP contribution in [-0.4, -0.2) is 15.2 Å². The lowest BCUT2D eigenvalue weighted by Crippen LogP contribution is -2.17. The molecule has 0 aliphatic rings. The summed E-state index contributed by atoms with van der Waals surface area (Å²) in [6, 6.07) is 4.82. The molecule has 19 heavy (non-hydrogen) atoms. The van der Waals surface area contributed by atoms with Gasteiger partial charge in [0.05, 0.1) is 10.7 Å². The summed E-state index contributed by atoms with van der Waals surface area (Å²) >= 11 is 1.69. The Kier molecular flexibility index (Phi) is 4.07. The smallest absolute Gasteiger partial charge is 0.123 e. The number of phenols is 2. The summed E-state index contributed by atoms with van der Waals surface area (Å²) in [6.45, 7) is 6.63.